The quantitative estimate of drug-likeness (QED) is 0.828. The molecular weight excluding hydrogens is 210 g/mol. The minimum absolute atomic E-state index is 0.0551. The summed E-state index contributed by atoms with van der Waals surface area (Å²) >= 11 is 1.69. The van der Waals surface area contributed by atoms with E-state index in [1.807, 2.05) is 0 Å². The van der Waals surface area contributed by atoms with Gasteiger partial charge in [0.05, 0.1) is 11.9 Å². The highest BCUT2D eigenvalue weighted by Crippen LogP contribution is 2.25. The Labute approximate surface area is 92.7 Å². The molecule has 0 aliphatic carbocycles. The van der Waals surface area contributed by atoms with Crippen molar-refractivity contribution in [2.24, 2.45) is 0 Å². The third-order valence-electron chi connectivity index (χ3n) is 1.61. The summed E-state index contributed by atoms with van der Waals surface area (Å²) < 4.78 is 0.131. The molecule has 1 N–H and O–H groups in total. The summed E-state index contributed by atoms with van der Waals surface area (Å²) in [7, 11) is 0. The van der Waals surface area contributed by atoms with Crippen LogP contribution >= 0.6 is 11.8 Å². The Balaban J connectivity index is 2.78. The molecule has 0 aromatic carbocycles. The van der Waals surface area contributed by atoms with E-state index >= 15 is 0 Å². The van der Waals surface area contributed by atoms with E-state index in [9.17, 15) is 4.79 Å². The van der Waals surface area contributed by atoms with E-state index in [4.69, 9.17) is 5.26 Å². The number of nitrogens with zero attached hydrogens (tertiary/aromatic N) is 2. The summed E-state index contributed by atoms with van der Waals surface area (Å²) in [5, 5.41) is 8.55. The van der Waals surface area contributed by atoms with E-state index in [1.165, 1.54) is 6.20 Å². The molecule has 0 amide bonds. The molecule has 1 aromatic heterocycles. The van der Waals surface area contributed by atoms with Crippen molar-refractivity contribution in [3.8, 4) is 6.07 Å². The third kappa shape index (κ3) is 3.76. The fourth-order valence-corrected chi connectivity index (χ4v) is 1.59. The Kier molecular flexibility index (Phi) is 3.53. The van der Waals surface area contributed by atoms with E-state index in [2.05, 4.69) is 30.7 Å². The van der Waals surface area contributed by atoms with Gasteiger partial charge in [-0.2, -0.15) is 5.26 Å². The number of nitriles is 1. The maximum absolute atomic E-state index is 11.3. The van der Waals surface area contributed by atoms with Crippen molar-refractivity contribution >= 4 is 11.8 Å². The van der Waals surface area contributed by atoms with Crippen LogP contribution in [0.15, 0.2) is 11.0 Å². The van der Waals surface area contributed by atoms with Gasteiger partial charge >= 0.3 is 0 Å². The van der Waals surface area contributed by atoms with Crippen molar-refractivity contribution in [1.82, 2.24) is 9.97 Å². The smallest absolute Gasteiger partial charge is 0.268 e. The van der Waals surface area contributed by atoms with Crippen LogP contribution in [0.4, 0.5) is 0 Å². The van der Waals surface area contributed by atoms with E-state index in [0.717, 1.165) is 0 Å². The number of hydrogen-bond donors (Lipinski definition) is 1. The zero-order valence-corrected chi connectivity index (χ0v) is 9.81. The Morgan fingerprint density at radius 3 is 2.73 bits per heavy atom. The summed E-state index contributed by atoms with van der Waals surface area (Å²) in [4.78, 5) is 17.9. The molecule has 4 nitrogen and oxygen atoms in total. The lowest BCUT2D eigenvalue weighted by molar-refractivity contribution is 0.799. The summed E-state index contributed by atoms with van der Waals surface area (Å²) in [6, 6.07) is 1.78. The van der Waals surface area contributed by atoms with Gasteiger partial charge in [-0.1, -0.05) is 20.8 Å². The van der Waals surface area contributed by atoms with Crippen molar-refractivity contribution in [1.29, 1.82) is 5.26 Å². The minimum Gasteiger partial charge on any atom is -0.309 e. The van der Waals surface area contributed by atoms with Crippen molar-refractivity contribution < 1.29 is 0 Å². The number of hydrogen-bond acceptors (Lipinski definition) is 4. The first-order valence-electron chi connectivity index (χ1n) is 4.54. The highest BCUT2D eigenvalue weighted by molar-refractivity contribution is 7.99. The van der Waals surface area contributed by atoms with E-state index < -0.39 is 0 Å². The molecule has 1 heterocycles. The second-order valence-corrected chi connectivity index (χ2v) is 5.89. The van der Waals surface area contributed by atoms with Gasteiger partial charge in [-0.25, -0.2) is 4.98 Å². The molecule has 0 unspecified atom stereocenters. The van der Waals surface area contributed by atoms with Gasteiger partial charge in [-0.3, -0.25) is 4.79 Å². The molecule has 0 radical (unpaired) electrons. The number of thioether (sulfide) groups is 1. The second kappa shape index (κ2) is 4.49. The first kappa shape index (κ1) is 11.8. The van der Waals surface area contributed by atoms with Crippen LogP contribution in [0.2, 0.25) is 0 Å². The van der Waals surface area contributed by atoms with Crippen LogP contribution < -0.4 is 5.56 Å². The van der Waals surface area contributed by atoms with Gasteiger partial charge in [-0.05, 0) is 0 Å². The standard InChI is InChI=1S/C10H13N3OS/c1-10(2,3)15-6-8-12-5-7(4-11)9(14)13-8/h5H,6H2,1-3H3,(H,12,13,14). The lowest BCUT2D eigenvalue weighted by Gasteiger charge is -2.16. The Bertz CT molecular complexity index is 439. The van der Waals surface area contributed by atoms with Crippen LogP contribution in [0.1, 0.15) is 32.2 Å². The molecule has 15 heavy (non-hydrogen) atoms. The average molecular weight is 223 g/mol. The van der Waals surface area contributed by atoms with Crippen LogP contribution in [-0.2, 0) is 5.75 Å². The Morgan fingerprint density at radius 2 is 2.27 bits per heavy atom. The van der Waals surface area contributed by atoms with Gasteiger partial charge in [0.2, 0.25) is 0 Å². The molecular formula is C10H13N3OS. The van der Waals surface area contributed by atoms with Gasteiger partial charge in [0.1, 0.15) is 17.5 Å². The predicted molar refractivity (Wildman–Crippen MR) is 60.6 cm³/mol. The number of nitrogens with one attached hydrogen (secondary N) is 1. The lowest BCUT2D eigenvalue weighted by Crippen LogP contribution is -2.15. The summed E-state index contributed by atoms with van der Waals surface area (Å²) in [6.07, 6.45) is 1.32. The zero-order chi connectivity index (χ0) is 11.5. The van der Waals surface area contributed by atoms with E-state index in [1.54, 1.807) is 17.8 Å². The molecule has 0 aliphatic rings. The molecule has 0 spiro atoms. The van der Waals surface area contributed by atoms with Crippen LogP contribution in [0.5, 0.6) is 0 Å². The van der Waals surface area contributed by atoms with E-state index in [0.29, 0.717) is 11.6 Å². The molecule has 0 saturated carbocycles. The van der Waals surface area contributed by atoms with Crippen molar-refractivity contribution in [2.75, 3.05) is 0 Å². The van der Waals surface area contributed by atoms with Crippen LogP contribution in [0.25, 0.3) is 0 Å². The number of H-pyrrole nitrogens is 1. The van der Waals surface area contributed by atoms with Gasteiger partial charge in [0, 0.05) is 4.75 Å². The summed E-state index contributed by atoms with van der Waals surface area (Å²) in [5.74, 6) is 1.25. The lowest BCUT2D eigenvalue weighted by atomic mass is 10.3. The van der Waals surface area contributed by atoms with Gasteiger partial charge in [-0.15, -0.1) is 11.8 Å². The second-order valence-electron chi connectivity index (χ2n) is 4.09. The molecule has 0 aliphatic heterocycles. The summed E-state index contributed by atoms with van der Waals surface area (Å²) in [5.41, 5.74) is -0.309. The number of aromatic nitrogens is 2. The van der Waals surface area contributed by atoms with Crippen LogP contribution in [0, 0.1) is 11.3 Å². The Hall–Kier alpha value is -1.28. The normalized spacial score (nSPS) is 11.1. The SMILES string of the molecule is CC(C)(C)SCc1ncc(C#N)c(=O)[nH]1. The first-order chi connectivity index (χ1) is 6.92. The largest absolute Gasteiger partial charge is 0.309 e. The highest BCUT2D eigenvalue weighted by Gasteiger charge is 2.11. The predicted octanol–water partition coefficient (Wildman–Crippen LogP) is 1.67. The van der Waals surface area contributed by atoms with Gasteiger partial charge in [0.15, 0.2) is 0 Å². The number of rotatable bonds is 2. The zero-order valence-electron chi connectivity index (χ0n) is 9.00. The Morgan fingerprint density at radius 1 is 1.60 bits per heavy atom. The third-order valence-corrected chi connectivity index (χ3v) is 2.90. The monoisotopic (exact) mass is 223 g/mol. The summed E-state index contributed by atoms with van der Waals surface area (Å²) in [6.45, 7) is 6.29. The maximum atomic E-state index is 11.3. The van der Waals surface area contributed by atoms with Crippen LogP contribution in [0.3, 0.4) is 0 Å². The van der Waals surface area contributed by atoms with Gasteiger partial charge < -0.3 is 4.98 Å². The molecule has 0 atom stereocenters. The molecule has 0 bridgehead atoms. The fraction of sp³-hybridized carbons (Fsp3) is 0.500. The van der Waals surface area contributed by atoms with Crippen molar-refractivity contribution in [2.45, 2.75) is 31.3 Å². The molecule has 0 saturated heterocycles. The minimum atomic E-state index is -0.364. The fourth-order valence-electron chi connectivity index (χ4n) is 0.870. The topological polar surface area (TPSA) is 69.5 Å². The molecule has 1 aromatic rings. The highest BCUT2D eigenvalue weighted by atomic mass is 32.2. The molecule has 80 valence electrons. The maximum Gasteiger partial charge on any atom is 0.268 e. The average Bonchev–Trinajstić information content (AvgIpc) is 2.14. The van der Waals surface area contributed by atoms with Crippen molar-refractivity contribution in [3.63, 3.8) is 0 Å². The van der Waals surface area contributed by atoms with E-state index in [-0.39, 0.29) is 15.9 Å². The molecule has 0 fully saturated rings. The van der Waals surface area contributed by atoms with Gasteiger partial charge in [0.25, 0.3) is 5.56 Å². The molecule has 5 heteroatoms. The molecule has 1 rings (SSSR count). The van der Waals surface area contributed by atoms with Crippen molar-refractivity contribution in [3.05, 3.63) is 27.9 Å². The first-order valence-corrected chi connectivity index (χ1v) is 5.53. The van der Waals surface area contributed by atoms with Crippen LogP contribution in [-0.4, -0.2) is 14.7 Å². The number of aromatic amines is 1.